The highest BCUT2D eigenvalue weighted by molar-refractivity contribution is 5.57. The van der Waals surface area contributed by atoms with E-state index in [0.717, 1.165) is 25.4 Å². The van der Waals surface area contributed by atoms with Crippen LogP contribution in [0.2, 0.25) is 0 Å². The number of ether oxygens (including phenoxy) is 1. The van der Waals surface area contributed by atoms with Crippen LogP contribution in [0.1, 0.15) is 33.3 Å². The molecule has 128 valence electrons. The molecular weight excluding hydrogens is 307 g/mol. The number of anilines is 1. The van der Waals surface area contributed by atoms with Gasteiger partial charge in [-0.15, -0.1) is 0 Å². The van der Waals surface area contributed by atoms with Crippen molar-refractivity contribution < 1.29 is 17.9 Å². The Morgan fingerprint density at radius 2 is 1.91 bits per heavy atom. The molecule has 3 rings (SSSR count). The van der Waals surface area contributed by atoms with Crippen LogP contribution in [0.4, 0.5) is 19.0 Å². The van der Waals surface area contributed by atoms with Gasteiger partial charge in [-0.05, 0) is 33.8 Å². The molecule has 0 N–H and O–H groups in total. The van der Waals surface area contributed by atoms with Gasteiger partial charge >= 0.3 is 6.18 Å². The molecule has 0 bridgehead atoms. The molecule has 0 aromatic carbocycles. The second kappa shape index (κ2) is 5.26. The zero-order valence-corrected chi connectivity index (χ0v) is 13.8. The molecule has 0 spiro atoms. The van der Waals surface area contributed by atoms with E-state index in [1.807, 2.05) is 0 Å². The van der Waals surface area contributed by atoms with Gasteiger partial charge < -0.3 is 9.64 Å². The van der Waals surface area contributed by atoms with E-state index >= 15 is 0 Å². The maximum atomic E-state index is 12.8. The number of pyridine rings is 1. The smallest absolute Gasteiger partial charge is 0.418 e. The normalized spacial score (nSPS) is 25.6. The summed E-state index contributed by atoms with van der Waals surface area (Å²) in [7, 11) is 0. The van der Waals surface area contributed by atoms with E-state index in [9.17, 15) is 13.2 Å². The SMILES string of the molecule is C[C@H]1CN2c3ncc(C(F)(F)F)cc3OC[C@H]2CN1C(C)(C)C. The van der Waals surface area contributed by atoms with Gasteiger partial charge in [-0.25, -0.2) is 4.98 Å². The van der Waals surface area contributed by atoms with Crippen LogP contribution >= 0.6 is 0 Å². The fraction of sp³-hybridized carbons (Fsp3) is 0.688. The fourth-order valence-corrected chi connectivity index (χ4v) is 3.48. The summed E-state index contributed by atoms with van der Waals surface area (Å²) >= 11 is 0. The molecule has 2 atom stereocenters. The van der Waals surface area contributed by atoms with Gasteiger partial charge in [0, 0.05) is 30.9 Å². The van der Waals surface area contributed by atoms with Crippen molar-refractivity contribution >= 4 is 5.82 Å². The number of piperazine rings is 1. The Morgan fingerprint density at radius 1 is 1.22 bits per heavy atom. The van der Waals surface area contributed by atoms with Gasteiger partial charge in [-0.3, -0.25) is 4.90 Å². The van der Waals surface area contributed by atoms with Crippen molar-refractivity contribution in [2.45, 2.75) is 51.5 Å². The highest BCUT2D eigenvalue weighted by Gasteiger charge is 2.41. The van der Waals surface area contributed by atoms with E-state index in [0.29, 0.717) is 18.5 Å². The van der Waals surface area contributed by atoms with Crippen LogP contribution in [-0.4, -0.2) is 47.2 Å². The first-order valence-corrected chi connectivity index (χ1v) is 7.81. The number of fused-ring (bicyclic) bond motifs is 3. The van der Waals surface area contributed by atoms with Crippen molar-refractivity contribution in [2.75, 3.05) is 24.6 Å². The van der Waals surface area contributed by atoms with Crippen LogP contribution in [0.15, 0.2) is 12.3 Å². The van der Waals surface area contributed by atoms with Crippen molar-refractivity contribution in [3.05, 3.63) is 17.8 Å². The lowest BCUT2D eigenvalue weighted by Crippen LogP contribution is -2.64. The minimum Gasteiger partial charge on any atom is -0.487 e. The van der Waals surface area contributed by atoms with E-state index in [1.165, 1.54) is 0 Å². The van der Waals surface area contributed by atoms with Crippen LogP contribution in [0, 0.1) is 0 Å². The number of rotatable bonds is 0. The lowest BCUT2D eigenvalue weighted by molar-refractivity contribution is -0.138. The number of hydrogen-bond donors (Lipinski definition) is 0. The number of alkyl halides is 3. The second-order valence-electron chi connectivity index (χ2n) is 7.33. The third kappa shape index (κ3) is 2.98. The first kappa shape index (κ1) is 16.4. The topological polar surface area (TPSA) is 28.6 Å². The molecule has 3 heterocycles. The third-order valence-corrected chi connectivity index (χ3v) is 4.57. The summed E-state index contributed by atoms with van der Waals surface area (Å²) in [6.45, 7) is 10.6. The predicted octanol–water partition coefficient (Wildman–Crippen LogP) is 3.17. The minimum absolute atomic E-state index is 0.0410. The number of nitrogens with zero attached hydrogens (tertiary/aromatic N) is 3. The first-order chi connectivity index (χ1) is 10.6. The molecule has 1 aromatic rings. The maximum absolute atomic E-state index is 12.8. The van der Waals surface area contributed by atoms with Crippen LogP contribution in [-0.2, 0) is 6.18 Å². The Hall–Kier alpha value is -1.50. The number of aromatic nitrogens is 1. The van der Waals surface area contributed by atoms with E-state index in [2.05, 4.69) is 42.5 Å². The number of hydrogen-bond acceptors (Lipinski definition) is 4. The fourth-order valence-electron chi connectivity index (χ4n) is 3.48. The van der Waals surface area contributed by atoms with Gasteiger partial charge in [0.25, 0.3) is 0 Å². The van der Waals surface area contributed by atoms with E-state index in [-0.39, 0.29) is 17.3 Å². The lowest BCUT2D eigenvalue weighted by Gasteiger charge is -2.52. The predicted molar refractivity (Wildman–Crippen MR) is 81.8 cm³/mol. The average Bonchev–Trinajstić information content (AvgIpc) is 2.43. The summed E-state index contributed by atoms with van der Waals surface area (Å²) in [4.78, 5) is 8.55. The van der Waals surface area contributed by atoms with E-state index < -0.39 is 11.7 Å². The Bertz CT molecular complexity index is 597. The first-order valence-electron chi connectivity index (χ1n) is 7.81. The van der Waals surface area contributed by atoms with Gasteiger partial charge in [0.1, 0.15) is 6.61 Å². The quantitative estimate of drug-likeness (QED) is 0.731. The third-order valence-electron chi connectivity index (χ3n) is 4.57. The molecule has 2 aliphatic heterocycles. The Balaban J connectivity index is 1.89. The summed E-state index contributed by atoms with van der Waals surface area (Å²) in [5.41, 5.74) is -0.726. The molecule has 0 unspecified atom stereocenters. The molecule has 1 saturated heterocycles. The summed E-state index contributed by atoms with van der Waals surface area (Å²) in [5, 5.41) is 0. The van der Waals surface area contributed by atoms with Crippen molar-refractivity contribution in [2.24, 2.45) is 0 Å². The maximum Gasteiger partial charge on any atom is 0.418 e. The van der Waals surface area contributed by atoms with Gasteiger partial charge in [0.2, 0.25) is 0 Å². The minimum atomic E-state index is -4.40. The number of halogens is 3. The van der Waals surface area contributed by atoms with Gasteiger partial charge in [0.15, 0.2) is 11.6 Å². The van der Waals surface area contributed by atoms with Crippen molar-refractivity contribution in [3.63, 3.8) is 0 Å². The van der Waals surface area contributed by atoms with Crippen molar-refractivity contribution in [1.29, 1.82) is 0 Å². The Morgan fingerprint density at radius 3 is 2.52 bits per heavy atom. The summed E-state index contributed by atoms with van der Waals surface area (Å²) in [6, 6.07) is 1.46. The Labute approximate surface area is 134 Å². The van der Waals surface area contributed by atoms with Crippen molar-refractivity contribution in [3.8, 4) is 5.75 Å². The van der Waals surface area contributed by atoms with Crippen LogP contribution in [0.3, 0.4) is 0 Å². The Kier molecular flexibility index (Phi) is 3.74. The van der Waals surface area contributed by atoms with Crippen LogP contribution < -0.4 is 9.64 Å². The average molecular weight is 329 g/mol. The molecule has 0 saturated carbocycles. The molecule has 7 heteroatoms. The summed E-state index contributed by atoms with van der Waals surface area (Å²) in [5.74, 6) is 0.752. The lowest BCUT2D eigenvalue weighted by atomic mass is 9.97. The van der Waals surface area contributed by atoms with Gasteiger partial charge in [-0.1, -0.05) is 0 Å². The monoisotopic (exact) mass is 329 g/mol. The second-order valence-corrected chi connectivity index (χ2v) is 7.33. The highest BCUT2D eigenvalue weighted by Crippen LogP contribution is 2.39. The molecule has 23 heavy (non-hydrogen) atoms. The van der Waals surface area contributed by atoms with Gasteiger partial charge in [0.05, 0.1) is 11.6 Å². The molecule has 0 radical (unpaired) electrons. The zero-order valence-electron chi connectivity index (χ0n) is 13.8. The van der Waals surface area contributed by atoms with Crippen LogP contribution in [0.25, 0.3) is 0 Å². The van der Waals surface area contributed by atoms with E-state index in [4.69, 9.17) is 4.74 Å². The zero-order chi connectivity index (χ0) is 17.0. The molecule has 4 nitrogen and oxygen atoms in total. The molecule has 1 fully saturated rings. The molecule has 0 aliphatic carbocycles. The van der Waals surface area contributed by atoms with E-state index in [1.54, 1.807) is 0 Å². The van der Waals surface area contributed by atoms with Gasteiger partial charge in [-0.2, -0.15) is 13.2 Å². The molecule has 1 aromatic heterocycles. The highest BCUT2D eigenvalue weighted by atomic mass is 19.4. The molecule has 2 aliphatic rings. The molecular formula is C16H22F3N3O. The summed E-state index contributed by atoms with van der Waals surface area (Å²) in [6.07, 6.45) is -3.51. The summed E-state index contributed by atoms with van der Waals surface area (Å²) < 4.78 is 44.1. The largest absolute Gasteiger partial charge is 0.487 e. The molecule has 0 amide bonds. The van der Waals surface area contributed by atoms with Crippen LogP contribution in [0.5, 0.6) is 5.75 Å². The van der Waals surface area contributed by atoms with Crippen molar-refractivity contribution in [1.82, 2.24) is 9.88 Å². The standard InChI is InChI=1S/C16H22F3N3O/c1-10-7-21-12(8-22(10)15(2,3)4)9-23-13-5-11(16(17,18)19)6-20-14(13)21/h5-6,10,12H,7-9H2,1-4H3/t10-,12+/m0/s1.